The number of carbonyl (C=O) groups excluding carboxylic acids is 1. The summed E-state index contributed by atoms with van der Waals surface area (Å²) in [6, 6.07) is 3.03. The number of aromatic nitrogens is 3. The number of nitrogens with zero attached hydrogens (tertiary/aromatic N) is 2. The normalized spacial score (nSPS) is 11.8. The van der Waals surface area contributed by atoms with Crippen molar-refractivity contribution < 1.29 is 4.79 Å². The second-order valence-corrected chi connectivity index (χ2v) is 4.41. The predicted molar refractivity (Wildman–Crippen MR) is 74.6 cm³/mol. The summed E-state index contributed by atoms with van der Waals surface area (Å²) < 4.78 is 0. The Bertz CT molecular complexity index is 579. The van der Waals surface area contributed by atoms with Gasteiger partial charge in [-0.1, -0.05) is 12.2 Å². The van der Waals surface area contributed by atoms with Crippen molar-refractivity contribution in [1.29, 1.82) is 0 Å². The summed E-state index contributed by atoms with van der Waals surface area (Å²) >= 11 is 4.82. The number of H-pyrrole nitrogens is 1. The molecule has 19 heavy (non-hydrogen) atoms. The number of hydrogen-bond donors (Lipinski definition) is 3. The van der Waals surface area contributed by atoms with Gasteiger partial charge in [-0.15, -0.1) is 0 Å². The highest BCUT2D eigenvalue weighted by Crippen LogP contribution is 2.07. The zero-order chi connectivity index (χ0) is 13.8. The van der Waals surface area contributed by atoms with Crippen LogP contribution in [0.1, 0.15) is 34.8 Å². The van der Waals surface area contributed by atoms with Crippen LogP contribution in [0.3, 0.4) is 0 Å². The van der Waals surface area contributed by atoms with Gasteiger partial charge in [-0.3, -0.25) is 9.78 Å². The van der Waals surface area contributed by atoms with Crippen LogP contribution in [-0.2, 0) is 0 Å². The predicted octanol–water partition coefficient (Wildman–Crippen LogP) is 0.930. The summed E-state index contributed by atoms with van der Waals surface area (Å²) in [4.78, 5) is 23.2. The van der Waals surface area contributed by atoms with Crippen molar-refractivity contribution in [1.82, 2.24) is 20.3 Å². The highest BCUT2D eigenvalue weighted by atomic mass is 32.1. The molecule has 98 valence electrons. The molecule has 2 heterocycles. The van der Waals surface area contributed by atoms with E-state index in [2.05, 4.69) is 20.3 Å². The molecule has 1 unspecified atom stereocenters. The second kappa shape index (κ2) is 5.57. The fourth-order valence-electron chi connectivity index (χ4n) is 1.53. The van der Waals surface area contributed by atoms with E-state index in [-0.39, 0.29) is 16.9 Å². The molecule has 2 aromatic heterocycles. The number of nitrogens with two attached hydrogens (primary N) is 1. The lowest BCUT2D eigenvalue weighted by Crippen LogP contribution is -2.28. The fourth-order valence-corrected chi connectivity index (χ4v) is 1.65. The molecule has 0 aromatic carbocycles. The highest BCUT2D eigenvalue weighted by molar-refractivity contribution is 7.80. The summed E-state index contributed by atoms with van der Waals surface area (Å²) in [6.07, 6.45) is 4.81. The van der Waals surface area contributed by atoms with Gasteiger partial charge in [-0.05, 0) is 19.1 Å². The van der Waals surface area contributed by atoms with Crippen molar-refractivity contribution in [2.45, 2.75) is 13.0 Å². The third-order valence-corrected chi connectivity index (χ3v) is 2.79. The van der Waals surface area contributed by atoms with Crippen molar-refractivity contribution in [3.8, 4) is 0 Å². The topological polar surface area (TPSA) is 96.7 Å². The Kier molecular flexibility index (Phi) is 3.86. The molecule has 0 aliphatic rings. The summed E-state index contributed by atoms with van der Waals surface area (Å²) in [5.41, 5.74) is 6.40. The minimum absolute atomic E-state index is 0.223. The van der Waals surface area contributed by atoms with Gasteiger partial charge in [-0.25, -0.2) is 4.98 Å². The van der Waals surface area contributed by atoms with E-state index < -0.39 is 0 Å². The first-order chi connectivity index (χ1) is 9.08. The SMILES string of the molecule is CC(NC(=O)c1ccc(C(N)=S)cn1)c1ncc[nH]1. The van der Waals surface area contributed by atoms with Gasteiger partial charge >= 0.3 is 0 Å². The Morgan fingerprint density at radius 1 is 1.47 bits per heavy atom. The van der Waals surface area contributed by atoms with E-state index in [1.807, 2.05) is 6.92 Å². The van der Waals surface area contributed by atoms with E-state index in [9.17, 15) is 4.79 Å². The highest BCUT2D eigenvalue weighted by Gasteiger charge is 2.14. The molecule has 0 bridgehead atoms. The number of rotatable bonds is 4. The lowest BCUT2D eigenvalue weighted by atomic mass is 10.2. The average molecular weight is 275 g/mol. The minimum atomic E-state index is -0.279. The molecular weight excluding hydrogens is 262 g/mol. The summed E-state index contributed by atoms with van der Waals surface area (Å²) in [7, 11) is 0. The van der Waals surface area contributed by atoms with E-state index in [0.29, 0.717) is 17.1 Å². The molecule has 6 nitrogen and oxygen atoms in total. The van der Waals surface area contributed by atoms with Gasteiger partial charge in [0.1, 0.15) is 16.5 Å². The van der Waals surface area contributed by atoms with E-state index >= 15 is 0 Å². The zero-order valence-electron chi connectivity index (χ0n) is 10.3. The van der Waals surface area contributed by atoms with Gasteiger partial charge < -0.3 is 16.0 Å². The quantitative estimate of drug-likeness (QED) is 0.721. The van der Waals surface area contributed by atoms with Crippen LogP contribution in [0.25, 0.3) is 0 Å². The van der Waals surface area contributed by atoms with Gasteiger partial charge in [0.25, 0.3) is 5.91 Å². The van der Waals surface area contributed by atoms with Crippen molar-refractivity contribution in [3.63, 3.8) is 0 Å². The van der Waals surface area contributed by atoms with Crippen molar-refractivity contribution in [3.05, 3.63) is 47.8 Å². The molecule has 0 saturated carbocycles. The maximum atomic E-state index is 12.0. The number of aromatic amines is 1. The van der Waals surface area contributed by atoms with Crippen molar-refractivity contribution >= 4 is 23.1 Å². The molecule has 0 fully saturated rings. The van der Waals surface area contributed by atoms with Gasteiger partial charge in [0.15, 0.2) is 0 Å². The first-order valence-corrected chi connectivity index (χ1v) is 6.04. The molecule has 0 spiro atoms. The average Bonchev–Trinajstić information content (AvgIpc) is 2.92. The van der Waals surface area contributed by atoms with Gasteiger partial charge in [0.2, 0.25) is 0 Å². The summed E-state index contributed by atoms with van der Waals surface area (Å²) in [5.74, 6) is 0.409. The molecule has 2 rings (SSSR count). The second-order valence-electron chi connectivity index (χ2n) is 3.97. The Morgan fingerprint density at radius 3 is 2.79 bits per heavy atom. The first kappa shape index (κ1) is 13.2. The molecule has 4 N–H and O–H groups in total. The minimum Gasteiger partial charge on any atom is -0.389 e. The monoisotopic (exact) mass is 275 g/mol. The van der Waals surface area contributed by atoms with Crippen LogP contribution in [0.5, 0.6) is 0 Å². The number of thiocarbonyl (C=S) groups is 1. The zero-order valence-corrected chi connectivity index (χ0v) is 11.1. The van der Waals surface area contributed by atoms with Crippen LogP contribution in [0.15, 0.2) is 30.7 Å². The fraction of sp³-hybridized carbons (Fsp3) is 0.167. The smallest absolute Gasteiger partial charge is 0.270 e. The number of hydrogen-bond acceptors (Lipinski definition) is 4. The van der Waals surface area contributed by atoms with E-state index in [0.717, 1.165) is 0 Å². The molecule has 1 amide bonds. The van der Waals surface area contributed by atoms with Crippen LogP contribution in [0.2, 0.25) is 0 Å². The van der Waals surface area contributed by atoms with Crippen molar-refractivity contribution in [2.24, 2.45) is 5.73 Å². The van der Waals surface area contributed by atoms with Crippen LogP contribution in [0, 0.1) is 0 Å². The molecular formula is C12H13N5OS. The number of amides is 1. The summed E-state index contributed by atoms with van der Waals surface area (Å²) in [6.45, 7) is 1.83. The van der Waals surface area contributed by atoms with Gasteiger partial charge in [0, 0.05) is 24.2 Å². The van der Waals surface area contributed by atoms with Gasteiger partial charge in [-0.2, -0.15) is 0 Å². The van der Waals surface area contributed by atoms with Crippen molar-refractivity contribution in [2.75, 3.05) is 0 Å². The van der Waals surface area contributed by atoms with Crippen LogP contribution in [0.4, 0.5) is 0 Å². The third-order valence-electron chi connectivity index (χ3n) is 2.56. The Labute approximate surface area is 115 Å². The Hall–Kier alpha value is -2.28. The molecule has 0 aliphatic carbocycles. The third kappa shape index (κ3) is 3.14. The lowest BCUT2D eigenvalue weighted by molar-refractivity contribution is 0.0933. The van der Waals surface area contributed by atoms with Crippen LogP contribution < -0.4 is 11.1 Å². The molecule has 0 radical (unpaired) electrons. The number of imidazole rings is 1. The molecule has 7 heteroatoms. The molecule has 2 aromatic rings. The largest absolute Gasteiger partial charge is 0.389 e. The van der Waals surface area contributed by atoms with Crippen LogP contribution >= 0.6 is 12.2 Å². The summed E-state index contributed by atoms with van der Waals surface area (Å²) in [5, 5.41) is 2.79. The first-order valence-electron chi connectivity index (χ1n) is 5.64. The van der Waals surface area contributed by atoms with E-state index in [1.165, 1.54) is 6.20 Å². The molecule has 0 saturated heterocycles. The lowest BCUT2D eigenvalue weighted by Gasteiger charge is -2.11. The number of pyridine rings is 1. The number of carbonyl (C=O) groups is 1. The van der Waals surface area contributed by atoms with E-state index in [1.54, 1.807) is 24.5 Å². The Balaban J connectivity index is 2.05. The maximum Gasteiger partial charge on any atom is 0.270 e. The van der Waals surface area contributed by atoms with E-state index in [4.69, 9.17) is 18.0 Å². The molecule has 1 atom stereocenters. The molecule has 0 aliphatic heterocycles. The Morgan fingerprint density at radius 2 is 2.26 bits per heavy atom. The van der Waals surface area contributed by atoms with Crippen LogP contribution in [-0.4, -0.2) is 25.8 Å². The van der Waals surface area contributed by atoms with Gasteiger partial charge in [0.05, 0.1) is 6.04 Å². The number of nitrogens with one attached hydrogen (secondary N) is 2. The standard InChI is InChI=1S/C12H13N5OS/c1-7(11-14-4-5-15-11)17-12(18)9-3-2-8(6-16-9)10(13)19/h2-7H,1H3,(H2,13,19)(H,14,15)(H,17,18). The maximum absolute atomic E-state index is 12.0.